The molecule has 1 aromatic carbocycles. The second kappa shape index (κ2) is 4.34. The summed E-state index contributed by atoms with van der Waals surface area (Å²) in [7, 11) is 0. The van der Waals surface area contributed by atoms with E-state index in [-0.39, 0.29) is 0 Å². The SMILES string of the molecule is Clc1cccc(Cl)c1N(I)I. The van der Waals surface area contributed by atoms with Crippen LogP contribution in [0.15, 0.2) is 18.2 Å². The molecule has 0 fully saturated rings. The van der Waals surface area contributed by atoms with Crippen LogP contribution in [0.25, 0.3) is 0 Å². The van der Waals surface area contributed by atoms with Crippen molar-refractivity contribution in [1.29, 1.82) is 0 Å². The predicted molar refractivity (Wildman–Crippen MR) is 67.0 cm³/mol. The molecule has 0 unspecified atom stereocenters. The van der Waals surface area contributed by atoms with E-state index in [2.05, 4.69) is 45.7 Å². The highest BCUT2D eigenvalue weighted by Gasteiger charge is 2.08. The number of rotatable bonds is 1. The van der Waals surface area contributed by atoms with Crippen molar-refractivity contribution in [2.75, 3.05) is 1.33 Å². The Morgan fingerprint density at radius 1 is 1.09 bits per heavy atom. The summed E-state index contributed by atoms with van der Waals surface area (Å²) in [5, 5.41) is 1.34. The molecule has 0 atom stereocenters. The van der Waals surface area contributed by atoms with Crippen LogP contribution in [-0.2, 0) is 0 Å². The van der Waals surface area contributed by atoms with Crippen molar-refractivity contribution in [3.63, 3.8) is 0 Å². The largest absolute Gasteiger partial charge is 0.252 e. The van der Waals surface area contributed by atoms with Crippen LogP contribution < -0.4 is 1.33 Å². The highest BCUT2D eigenvalue weighted by Crippen LogP contribution is 2.37. The van der Waals surface area contributed by atoms with E-state index < -0.39 is 0 Å². The van der Waals surface area contributed by atoms with Crippen LogP contribution in [0.2, 0.25) is 10.0 Å². The van der Waals surface area contributed by atoms with Crippen molar-refractivity contribution < 1.29 is 0 Å². The molecule has 0 heterocycles. The summed E-state index contributed by atoms with van der Waals surface area (Å²) in [6, 6.07) is 5.45. The number of nitrogens with zero attached hydrogens (tertiary/aromatic N) is 1. The van der Waals surface area contributed by atoms with E-state index in [0.717, 1.165) is 5.69 Å². The Morgan fingerprint density at radius 2 is 1.55 bits per heavy atom. The molecule has 0 saturated heterocycles. The Morgan fingerprint density at radius 3 is 1.82 bits per heavy atom. The molecule has 11 heavy (non-hydrogen) atoms. The molecule has 60 valence electrons. The summed E-state index contributed by atoms with van der Waals surface area (Å²) in [6.07, 6.45) is 0. The standard InChI is InChI=1S/C6H3Cl2I2N/c7-4-2-1-3-5(8)6(4)11(9)10/h1-3H. The first-order chi connectivity index (χ1) is 5.13. The Kier molecular flexibility index (Phi) is 4.00. The number of para-hydroxylation sites is 1. The summed E-state index contributed by atoms with van der Waals surface area (Å²) >= 11 is 16.0. The molecule has 0 spiro atoms. The van der Waals surface area contributed by atoms with E-state index in [0.29, 0.717) is 10.0 Å². The van der Waals surface area contributed by atoms with Crippen LogP contribution in [-0.4, -0.2) is 0 Å². The molecule has 0 aliphatic heterocycles. The highest BCUT2D eigenvalue weighted by molar-refractivity contribution is 14.2. The van der Waals surface area contributed by atoms with Gasteiger partial charge in [-0.05, 0) is 12.1 Å². The Bertz CT molecular complexity index is 245. The van der Waals surface area contributed by atoms with Crippen LogP contribution in [0.1, 0.15) is 0 Å². The second-order valence-corrected chi connectivity index (χ2v) is 6.39. The van der Waals surface area contributed by atoms with Gasteiger partial charge in [0, 0.05) is 0 Å². The fraction of sp³-hybridized carbons (Fsp3) is 0. The van der Waals surface area contributed by atoms with Gasteiger partial charge in [0.25, 0.3) is 0 Å². The van der Waals surface area contributed by atoms with Crippen LogP contribution >= 0.6 is 68.9 Å². The minimum absolute atomic E-state index is 0.668. The third kappa shape index (κ3) is 2.50. The van der Waals surface area contributed by atoms with Crippen molar-refractivity contribution in [2.24, 2.45) is 0 Å². The van der Waals surface area contributed by atoms with E-state index in [4.69, 9.17) is 23.2 Å². The maximum absolute atomic E-state index is 5.89. The fourth-order valence-electron chi connectivity index (χ4n) is 0.651. The predicted octanol–water partition coefficient (Wildman–Crippen LogP) is 4.50. The molecule has 0 amide bonds. The average molecular weight is 414 g/mol. The molecular formula is C6H3Cl2I2N. The molecular weight excluding hydrogens is 411 g/mol. The zero-order valence-corrected chi connectivity index (χ0v) is 11.0. The molecule has 0 N–H and O–H groups in total. The van der Waals surface area contributed by atoms with Crippen molar-refractivity contribution in [3.8, 4) is 0 Å². The second-order valence-electron chi connectivity index (χ2n) is 1.80. The molecule has 1 rings (SSSR count). The van der Waals surface area contributed by atoms with Gasteiger partial charge in [0.1, 0.15) is 0 Å². The van der Waals surface area contributed by atoms with E-state index in [9.17, 15) is 0 Å². The number of anilines is 1. The van der Waals surface area contributed by atoms with E-state index in [1.54, 1.807) is 0 Å². The smallest absolute Gasteiger partial charge is 0.0936 e. The van der Waals surface area contributed by atoms with Gasteiger partial charge >= 0.3 is 0 Å². The first-order valence-corrected chi connectivity index (χ1v) is 5.37. The lowest BCUT2D eigenvalue weighted by Gasteiger charge is -2.10. The molecule has 5 heteroatoms. The maximum atomic E-state index is 5.89. The average Bonchev–Trinajstić information content (AvgIpc) is 1.85. The quantitative estimate of drug-likeness (QED) is 0.484. The summed E-state index contributed by atoms with van der Waals surface area (Å²) in [6.45, 7) is 0. The van der Waals surface area contributed by atoms with E-state index >= 15 is 0 Å². The van der Waals surface area contributed by atoms with Gasteiger partial charge in [-0.15, -0.1) is 0 Å². The van der Waals surface area contributed by atoms with Crippen LogP contribution in [0.5, 0.6) is 0 Å². The van der Waals surface area contributed by atoms with Crippen LogP contribution in [0.3, 0.4) is 0 Å². The van der Waals surface area contributed by atoms with Crippen molar-refractivity contribution in [1.82, 2.24) is 0 Å². The Hall–Kier alpha value is 1.06. The first kappa shape index (κ1) is 10.1. The van der Waals surface area contributed by atoms with Gasteiger partial charge in [-0.2, -0.15) is 0 Å². The van der Waals surface area contributed by atoms with Gasteiger partial charge in [-0.25, -0.2) is 0 Å². The minimum Gasteiger partial charge on any atom is -0.252 e. The third-order valence-corrected chi connectivity index (χ3v) is 2.68. The summed E-state index contributed by atoms with van der Waals surface area (Å²) in [5.41, 5.74) is 0.844. The fourth-order valence-corrected chi connectivity index (χ4v) is 2.83. The van der Waals surface area contributed by atoms with Crippen LogP contribution in [0, 0.1) is 0 Å². The third-order valence-electron chi connectivity index (χ3n) is 1.11. The lowest BCUT2D eigenvalue weighted by molar-refractivity contribution is 1.65. The van der Waals surface area contributed by atoms with E-state index in [1.807, 2.05) is 19.5 Å². The summed E-state index contributed by atoms with van der Waals surface area (Å²) in [4.78, 5) is 0. The van der Waals surface area contributed by atoms with Gasteiger partial charge in [0.05, 0.1) is 61.5 Å². The normalized spacial score (nSPS) is 9.82. The number of hydrogen-bond donors (Lipinski definition) is 0. The van der Waals surface area contributed by atoms with Crippen LogP contribution in [0.4, 0.5) is 5.69 Å². The van der Waals surface area contributed by atoms with Gasteiger partial charge in [-0.3, -0.25) is 1.33 Å². The zero-order chi connectivity index (χ0) is 8.43. The number of benzene rings is 1. The number of hydrogen-bond acceptors (Lipinski definition) is 1. The van der Waals surface area contributed by atoms with E-state index in [1.165, 1.54) is 0 Å². The molecule has 0 radical (unpaired) electrons. The van der Waals surface area contributed by atoms with Gasteiger partial charge in [-0.1, -0.05) is 29.3 Å². The monoisotopic (exact) mass is 413 g/mol. The van der Waals surface area contributed by atoms with Crippen molar-refractivity contribution >= 4 is 74.6 Å². The molecule has 0 bridgehead atoms. The molecule has 0 aliphatic carbocycles. The van der Waals surface area contributed by atoms with Gasteiger partial charge < -0.3 is 0 Å². The minimum atomic E-state index is 0.668. The summed E-state index contributed by atoms with van der Waals surface area (Å²) < 4.78 is 1.83. The lowest BCUT2D eigenvalue weighted by atomic mass is 10.3. The molecule has 1 aromatic rings. The molecule has 1 nitrogen and oxygen atoms in total. The zero-order valence-electron chi connectivity index (χ0n) is 5.19. The maximum Gasteiger partial charge on any atom is 0.0936 e. The van der Waals surface area contributed by atoms with Gasteiger partial charge in [0.2, 0.25) is 0 Å². The molecule has 0 saturated carbocycles. The first-order valence-electron chi connectivity index (χ1n) is 2.68. The number of halogens is 4. The topological polar surface area (TPSA) is 3.24 Å². The molecule has 0 aliphatic rings. The Labute approximate surface area is 103 Å². The molecule has 0 aromatic heterocycles. The highest BCUT2D eigenvalue weighted by atomic mass is 127. The Balaban J connectivity index is 3.21. The van der Waals surface area contributed by atoms with Crippen molar-refractivity contribution in [2.45, 2.75) is 0 Å². The lowest BCUT2D eigenvalue weighted by Crippen LogP contribution is -1.91. The summed E-state index contributed by atoms with van der Waals surface area (Å²) in [5.74, 6) is 0. The van der Waals surface area contributed by atoms with Crippen molar-refractivity contribution in [3.05, 3.63) is 28.2 Å². The van der Waals surface area contributed by atoms with Gasteiger partial charge in [0.15, 0.2) is 0 Å².